The minimum absolute atomic E-state index is 0.0454. The van der Waals surface area contributed by atoms with Crippen molar-refractivity contribution in [2.24, 2.45) is 11.8 Å². The number of carbonyl (C=O) groups is 2. The molecule has 0 radical (unpaired) electrons. The molecule has 3 rings (SSSR count). The molecule has 8 heteroatoms. The van der Waals surface area contributed by atoms with E-state index in [0.29, 0.717) is 43.5 Å². The Morgan fingerprint density at radius 2 is 1.70 bits per heavy atom. The molecule has 1 heterocycles. The third-order valence-electron chi connectivity index (χ3n) is 5.83. The van der Waals surface area contributed by atoms with Crippen LogP contribution < -0.4 is 19.5 Å². The summed E-state index contributed by atoms with van der Waals surface area (Å²) in [6.45, 7) is 2.06. The number of ether oxygens (including phenoxy) is 4. The molecular weight excluding hydrogens is 388 g/mol. The lowest BCUT2D eigenvalue weighted by atomic mass is 9.88. The molecule has 30 heavy (non-hydrogen) atoms. The molecule has 1 aliphatic carbocycles. The maximum atomic E-state index is 13.0. The van der Waals surface area contributed by atoms with E-state index in [9.17, 15) is 9.59 Å². The van der Waals surface area contributed by atoms with Gasteiger partial charge in [0.05, 0.1) is 27.2 Å². The van der Waals surface area contributed by atoms with E-state index < -0.39 is 0 Å². The monoisotopic (exact) mass is 420 g/mol. The normalized spacial score (nSPS) is 20.7. The Hall–Kier alpha value is -2.48. The van der Waals surface area contributed by atoms with Gasteiger partial charge in [-0.1, -0.05) is 0 Å². The van der Waals surface area contributed by atoms with Gasteiger partial charge in [-0.05, 0) is 37.0 Å². The van der Waals surface area contributed by atoms with E-state index in [-0.39, 0.29) is 29.6 Å². The average molecular weight is 421 g/mol. The molecule has 2 atom stereocenters. The highest BCUT2D eigenvalue weighted by Gasteiger charge is 2.44. The fourth-order valence-corrected chi connectivity index (χ4v) is 4.05. The van der Waals surface area contributed by atoms with Crippen molar-refractivity contribution < 1.29 is 28.5 Å². The molecule has 1 aromatic carbocycles. The molecule has 2 unspecified atom stereocenters. The van der Waals surface area contributed by atoms with Crippen LogP contribution in [0.2, 0.25) is 0 Å². The van der Waals surface area contributed by atoms with Gasteiger partial charge < -0.3 is 29.2 Å². The van der Waals surface area contributed by atoms with Crippen LogP contribution >= 0.6 is 0 Å². The molecule has 166 valence electrons. The number of amides is 2. The van der Waals surface area contributed by atoms with Crippen LogP contribution in [0.1, 0.15) is 30.7 Å². The van der Waals surface area contributed by atoms with Crippen LogP contribution in [0, 0.1) is 11.8 Å². The predicted octanol–water partition coefficient (Wildman–Crippen LogP) is 1.82. The summed E-state index contributed by atoms with van der Waals surface area (Å²) in [6.07, 6.45) is 2.63. The third kappa shape index (κ3) is 4.80. The Labute approximate surface area is 177 Å². The molecule has 1 saturated carbocycles. The Bertz CT molecular complexity index is 739. The predicted molar refractivity (Wildman–Crippen MR) is 111 cm³/mol. The van der Waals surface area contributed by atoms with Gasteiger partial charge in [-0.2, -0.15) is 0 Å². The van der Waals surface area contributed by atoms with Crippen LogP contribution in [0.4, 0.5) is 0 Å². The van der Waals surface area contributed by atoms with Gasteiger partial charge in [0.25, 0.3) is 0 Å². The first-order chi connectivity index (χ1) is 14.5. The summed E-state index contributed by atoms with van der Waals surface area (Å²) in [5, 5.41) is 3.00. The molecule has 0 spiro atoms. The van der Waals surface area contributed by atoms with E-state index in [1.54, 1.807) is 28.4 Å². The van der Waals surface area contributed by atoms with Crippen LogP contribution in [0.5, 0.6) is 17.2 Å². The van der Waals surface area contributed by atoms with Gasteiger partial charge >= 0.3 is 0 Å². The largest absolute Gasteiger partial charge is 0.493 e. The molecular formula is C22H32N2O6. The number of nitrogens with one attached hydrogen (secondary N) is 1. The van der Waals surface area contributed by atoms with Crippen molar-refractivity contribution in [3.05, 3.63) is 17.7 Å². The lowest BCUT2D eigenvalue weighted by Crippen LogP contribution is -2.36. The number of likely N-dealkylation sites (tertiary alicyclic amines) is 1. The van der Waals surface area contributed by atoms with Crippen molar-refractivity contribution in [2.45, 2.75) is 25.2 Å². The number of methoxy groups -OCH3 is 4. The van der Waals surface area contributed by atoms with Crippen LogP contribution in [0.3, 0.4) is 0 Å². The van der Waals surface area contributed by atoms with E-state index in [1.807, 2.05) is 17.0 Å². The highest BCUT2D eigenvalue weighted by molar-refractivity contribution is 5.85. The van der Waals surface area contributed by atoms with Crippen molar-refractivity contribution in [3.63, 3.8) is 0 Å². The third-order valence-corrected chi connectivity index (χ3v) is 5.83. The van der Waals surface area contributed by atoms with E-state index in [2.05, 4.69) is 5.32 Å². The van der Waals surface area contributed by atoms with Gasteiger partial charge in [0.1, 0.15) is 0 Å². The van der Waals surface area contributed by atoms with E-state index >= 15 is 0 Å². The lowest BCUT2D eigenvalue weighted by molar-refractivity contribution is -0.132. The van der Waals surface area contributed by atoms with Gasteiger partial charge in [0.2, 0.25) is 17.6 Å². The molecule has 1 N–H and O–H groups in total. The van der Waals surface area contributed by atoms with E-state index in [1.165, 1.54) is 0 Å². The second-order valence-electron chi connectivity index (χ2n) is 7.83. The highest BCUT2D eigenvalue weighted by Crippen LogP contribution is 2.44. The number of rotatable bonds is 10. The number of hydrogen-bond donors (Lipinski definition) is 1. The first-order valence-electron chi connectivity index (χ1n) is 10.4. The molecule has 2 fully saturated rings. The summed E-state index contributed by atoms with van der Waals surface area (Å²) in [5.74, 6) is 1.33. The first kappa shape index (κ1) is 22.2. The number of nitrogens with zero attached hydrogens (tertiary/aromatic N) is 1. The lowest BCUT2D eigenvalue weighted by Gasteiger charge is -2.21. The van der Waals surface area contributed by atoms with Gasteiger partial charge in [0.15, 0.2) is 11.5 Å². The smallest absolute Gasteiger partial charge is 0.225 e. The number of benzene rings is 1. The van der Waals surface area contributed by atoms with Crippen LogP contribution in [0.15, 0.2) is 12.1 Å². The molecule has 8 nitrogen and oxygen atoms in total. The maximum Gasteiger partial charge on any atom is 0.225 e. The fraction of sp³-hybridized carbons (Fsp3) is 0.636. The number of carbonyl (C=O) groups excluding carboxylic acids is 2. The standard InChI is InChI=1S/C22H32N2O6/c1-27-9-5-8-23-21(25)17-13-24(22(26)14-6-7-14)12-16(17)15-10-18(28-2)20(30-4)19(11-15)29-3/h10-11,14,16-17H,5-9,12-13H2,1-4H3,(H,23,25). The zero-order chi connectivity index (χ0) is 21.7. The summed E-state index contributed by atoms with van der Waals surface area (Å²) in [4.78, 5) is 27.5. The van der Waals surface area contributed by atoms with Crippen LogP contribution in [0.25, 0.3) is 0 Å². The summed E-state index contributed by atoms with van der Waals surface area (Å²) >= 11 is 0. The topological polar surface area (TPSA) is 86.3 Å². The second kappa shape index (κ2) is 10.0. The van der Waals surface area contributed by atoms with Gasteiger partial charge in [0, 0.05) is 45.2 Å². The van der Waals surface area contributed by atoms with Crippen LogP contribution in [-0.4, -0.2) is 71.4 Å². The molecule has 2 amide bonds. The average Bonchev–Trinajstić information content (AvgIpc) is 3.52. The first-order valence-corrected chi connectivity index (χ1v) is 10.4. The van der Waals surface area contributed by atoms with Gasteiger partial charge in [-0.25, -0.2) is 0 Å². The van der Waals surface area contributed by atoms with Crippen molar-refractivity contribution in [1.82, 2.24) is 10.2 Å². The summed E-state index contributed by atoms with van der Waals surface area (Å²) in [6, 6.07) is 3.75. The minimum atomic E-state index is -0.335. The molecule has 1 aliphatic heterocycles. The molecule has 0 bridgehead atoms. The molecule has 2 aliphatic rings. The Morgan fingerprint density at radius 3 is 2.23 bits per heavy atom. The van der Waals surface area contributed by atoms with Crippen molar-refractivity contribution >= 4 is 11.8 Å². The molecule has 0 aromatic heterocycles. The summed E-state index contributed by atoms with van der Waals surface area (Å²) in [7, 11) is 6.33. The van der Waals surface area contributed by atoms with E-state index in [4.69, 9.17) is 18.9 Å². The molecule has 1 saturated heterocycles. The Balaban J connectivity index is 1.86. The second-order valence-corrected chi connectivity index (χ2v) is 7.83. The number of hydrogen-bond acceptors (Lipinski definition) is 6. The van der Waals surface area contributed by atoms with Crippen molar-refractivity contribution in [3.8, 4) is 17.2 Å². The highest BCUT2D eigenvalue weighted by atomic mass is 16.5. The quantitative estimate of drug-likeness (QED) is 0.581. The van der Waals surface area contributed by atoms with Crippen molar-refractivity contribution in [2.75, 3.05) is 54.7 Å². The Morgan fingerprint density at radius 1 is 1.03 bits per heavy atom. The van der Waals surface area contributed by atoms with E-state index in [0.717, 1.165) is 24.8 Å². The zero-order valence-corrected chi connectivity index (χ0v) is 18.2. The molecule has 1 aromatic rings. The SMILES string of the molecule is COCCCNC(=O)C1CN(C(=O)C2CC2)CC1c1cc(OC)c(OC)c(OC)c1. The summed E-state index contributed by atoms with van der Waals surface area (Å²) in [5.41, 5.74) is 0.896. The fourth-order valence-electron chi connectivity index (χ4n) is 4.05. The van der Waals surface area contributed by atoms with Gasteiger partial charge in [-0.3, -0.25) is 9.59 Å². The maximum absolute atomic E-state index is 13.0. The van der Waals surface area contributed by atoms with Crippen LogP contribution in [-0.2, 0) is 14.3 Å². The van der Waals surface area contributed by atoms with Crippen molar-refractivity contribution in [1.29, 1.82) is 0 Å². The summed E-state index contributed by atoms with van der Waals surface area (Å²) < 4.78 is 21.4. The minimum Gasteiger partial charge on any atom is -0.493 e. The van der Waals surface area contributed by atoms with Gasteiger partial charge in [-0.15, -0.1) is 0 Å². The Kier molecular flexibility index (Phi) is 7.42. The zero-order valence-electron chi connectivity index (χ0n) is 18.2.